The third-order valence-corrected chi connectivity index (χ3v) is 13.8. The molecule has 1 saturated carbocycles. The SMILES string of the molecule is COC(=O)c1ccc(CCCc2ccc(NC(=O)c3c(NC(=O)c4cccc(S(=O)(=O)N(C)[C@H]5CC[C@H](C(=O)OC)CC5)c4)sc4c3CCCC4)cc2)cc1. The van der Waals surface area contributed by atoms with Gasteiger partial charge in [-0.2, -0.15) is 4.31 Å². The molecule has 0 atom stereocenters. The number of methoxy groups -OCH3 is 2. The van der Waals surface area contributed by atoms with Gasteiger partial charge < -0.3 is 20.1 Å². The van der Waals surface area contributed by atoms with E-state index in [1.165, 1.54) is 49.0 Å². The van der Waals surface area contributed by atoms with Gasteiger partial charge in [0.1, 0.15) is 5.00 Å². The highest BCUT2D eigenvalue weighted by Crippen LogP contribution is 2.39. The van der Waals surface area contributed by atoms with Crippen molar-refractivity contribution in [3.05, 3.63) is 111 Å². The number of thiophene rings is 1. The zero-order valence-electron chi connectivity index (χ0n) is 31.4. The second-order valence-electron chi connectivity index (χ2n) is 14.1. The first-order chi connectivity index (χ1) is 26.5. The molecule has 0 bridgehead atoms. The molecule has 6 rings (SSSR count). The van der Waals surface area contributed by atoms with Crippen LogP contribution in [0.1, 0.15) is 97.6 Å². The first-order valence-electron chi connectivity index (χ1n) is 18.7. The maximum Gasteiger partial charge on any atom is 0.337 e. The van der Waals surface area contributed by atoms with Crippen LogP contribution in [0.2, 0.25) is 0 Å². The Kier molecular flexibility index (Phi) is 12.8. The number of nitrogens with zero attached hydrogens (tertiary/aromatic N) is 1. The van der Waals surface area contributed by atoms with E-state index in [0.717, 1.165) is 66.5 Å². The quantitative estimate of drug-likeness (QED) is 0.133. The molecule has 0 unspecified atom stereocenters. The van der Waals surface area contributed by atoms with Crippen molar-refractivity contribution < 1.29 is 37.1 Å². The van der Waals surface area contributed by atoms with Crippen molar-refractivity contribution >= 4 is 55.8 Å². The Morgan fingerprint density at radius 3 is 2.09 bits per heavy atom. The van der Waals surface area contributed by atoms with Crippen LogP contribution in [0.25, 0.3) is 0 Å². The normalized spacial score (nSPS) is 16.9. The summed E-state index contributed by atoms with van der Waals surface area (Å²) in [5, 5.41) is 6.42. The summed E-state index contributed by atoms with van der Waals surface area (Å²) in [5.74, 6) is -1.66. The van der Waals surface area contributed by atoms with Gasteiger partial charge in [-0.1, -0.05) is 30.3 Å². The van der Waals surface area contributed by atoms with E-state index in [0.29, 0.717) is 47.5 Å². The van der Waals surface area contributed by atoms with Crippen molar-refractivity contribution in [2.75, 3.05) is 31.9 Å². The number of sulfonamides is 1. The molecular weight excluding hydrogens is 739 g/mol. The van der Waals surface area contributed by atoms with Gasteiger partial charge in [-0.15, -0.1) is 11.3 Å². The number of esters is 2. The van der Waals surface area contributed by atoms with E-state index in [-0.39, 0.29) is 40.3 Å². The average molecular weight is 786 g/mol. The molecule has 0 radical (unpaired) electrons. The summed E-state index contributed by atoms with van der Waals surface area (Å²) < 4.78 is 38.4. The third kappa shape index (κ3) is 9.34. The van der Waals surface area contributed by atoms with Gasteiger partial charge in [-0.25, -0.2) is 13.2 Å². The van der Waals surface area contributed by atoms with Crippen molar-refractivity contribution in [3.8, 4) is 0 Å². The minimum absolute atomic E-state index is 0.000998. The smallest absolute Gasteiger partial charge is 0.337 e. The first kappa shape index (κ1) is 39.8. The molecule has 55 heavy (non-hydrogen) atoms. The van der Waals surface area contributed by atoms with Gasteiger partial charge in [0.15, 0.2) is 0 Å². The van der Waals surface area contributed by atoms with Gasteiger partial charge in [0.05, 0.1) is 36.2 Å². The number of ether oxygens (including phenoxy) is 2. The van der Waals surface area contributed by atoms with Crippen molar-refractivity contribution in [2.24, 2.45) is 5.92 Å². The van der Waals surface area contributed by atoms with Gasteiger partial charge in [0, 0.05) is 29.2 Å². The molecule has 0 aliphatic heterocycles. The van der Waals surface area contributed by atoms with Crippen LogP contribution in [0.5, 0.6) is 0 Å². The van der Waals surface area contributed by atoms with E-state index in [2.05, 4.69) is 10.6 Å². The van der Waals surface area contributed by atoms with Gasteiger partial charge >= 0.3 is 11.9 Å². The molecule has 3 aromatic carbocycles. The van der Waals surface area contributed by atoms with Crippen LogP contribution >= 0.6 is 11.3 Å². The topological polar surface area (TPSA) is 148 Å². The lowest BCUT2D eigenvalue weighted by Gasteiger charge is -2.33. The molecule has 2 N–H and O–H groups in total. The molecule has 1 fully saturated rings. The molecule has 0 spiro atoms. The molecule has 0 saturated heterocycles. The van der Waals surface area contributed by atoms with E-state index in [4.69, 9.17) is 9.47 Å². The van der Waals surface area contributed by atoms with Crippen LogP contribution in [-0.4, -0.2) is 63.8 Å². The molecule has 4 aromatic rings. The van der Waals surface area contributed by atoms with Gasteiger partial charge in [0.2, 0.25) is 10.0 Å². The first-order valence-corrected chi connectivity index (χ1v) is 20.9. The van der Waals surface area contributed by atoms with Gasteiger partial charge in [-0.3, -0.25) is 14.4 Å². The van der Waals surface area contributed by atoms with Crippen molar-refractivity contribution in [1.29, 1.82) is 0 Å². The fourth-order valence-corrected chi connectivity index (χ4v) is 10.2. The predicted molar refractivity (Wildman–Crippen MR) is 212 cm³/mol. The van der Waals surface area contributed by atoms with Crippen LogP contribution in [0.4, 0.5) is 10.7 Å². The number of aryl methyl sites for hydroxylation is 3. The number of fused-ring (bicyclic) bond motifs is 1. The van der Waals surface area contributed by atoms with E-state index >= 15 is 0 Å². The molecule has 11 nitrogen and oxygen atoms in total. The molecule has 13 heteroatoms. The number of anilines is 2. The molecular formula is C42H47N3O8S2. The Morgan fingerprint density at radius 2 is 1.44 bits per heavy atom. The summed E-state index contributed by atoms with van der Waals surface area (Å²) >= 11 is 1.40. The third-order valence-electron chi connectivity index (χ3n) is 10.7. The second kappa shape index (κ2) is 17.7. The van der Waals surface area contributed by atoms with Crippen LogP contribution < -0.4 is 10.6 Å². The summed E-state index contributed by atoms with van der Waals surface area (Å²) in [6, 6.07) is 20.8. The standard InChI is InChI=1S/C42H47N3O8S2/c1-45(33-24-20-30(21-25-33)42(49)53-3)55(50,51)34-11-7-10-31(26-34)38(46)44-40-37(35-12-4-5-13-36(35)54-40)39(47)43-32-22-16-28(17-23-32)9-6-8-27-14-18-29(19-15-27)41(48)52-2/h7,10-11,14-19,22-23,26,30,33H,4-6,8-9,12-13,20-21,24-25H2,1-3H3,(H,43,47)(H,44,46)/t30-,33-. The summed E-state index contributed by atoms with van der Waals surface area (Å²) in [6.45, 7) is 0. The number of amides is 2. The number of hydrogen-bond acceptors (Lipinski definition) is 9. The Hall–Kier alpha value is -4.85. The summed E-state index contributed by atoms with van der Waals surface area (Å²) in [4.78, 5) is 52.3. The average Bonchev–Trinajstić information content (AvgIpc) is 3.58. The highest BCUT2D eigenvalue weighted by atomic mass is 32.2. The maximum atomic E-state index is 13.9. The Balaban J connectivity index is 1.10. The number of carbonyl (C=O) groups excluding carboxylic acids is 4. The predicted octanol–water partition coefficient (Wildman–Crippen LogP) is 7.45. The van der Waals surface area contributed by atoms with Gasteiger partial charge in [0.25, 0.3) is 11.8 Å². The van der Waals surface area contributed by atoms with E-state index < -0.39 is 15.9 Å². The van der Waals surface area contributed by atoms with E-state index in [1.807, 2.05) is 36.4 Å². The zero-order valence-corrected chi connectivity index (χ0v) is 33.0. The number of carbonyl (C=O) groups is 4. The lowest BCUT2D eigenvalue weighted by atomic mass is 9.86. The lowest BCUT2D eigenvalue weighted by molar-refractivity contribution is -0.146. The number of nitrogens with one attached hydrogen (secondary N) is 2. The Labute approximate surface area is 326 Å². The maximum absolute atomic E-state index is 13.9. The largest absolute Gasteiger partial charge is 0.469 e. The Bertz CT molecular complexity index is 2140. The van der Waals surface area contributed by atoms with Gasteiger partial charge in [-0.05, 0) is 130 Å². The summed E-state index contributed by atoms with van der Waals surface area (Å²) in [5.41, 5.74) is 4.98. The highest BCUT2D eigenvalue weighted by Gasteiger charge is 2.34. The van der Waals surface area contributed by atoms with Crippen molar-refractivity contribution in [1.82, 2.24) is 4.31 Å². The van der Waals surface area contributed by atoms with Crippen LogP contribution in [0.15, 0.2) is 77.7 Å². The van der Waals surface area contributed by atoms with Crippen molar-refractivity contribution in [3.63, 3.8) is 0 Å². The molecule has 1 heterocycles. The van der Waals surface area contributed by atoms with E-state index in [9.17, 15) is 27.6 Å². The highest BCUT2D eigenvalue weighted by molar-refractivity contribution is 7.89. The minimum Gasteiger partial charge on any atom is -0.469 e. The molecule has 290 valence electrons. The molecule has 2 aliphatic rings. The number of benzene rings is 3. The summed E-state index contributed by atoms with van der Waals surface area (Å²) in [6.07, 6.45) is 8.27. The number of hydrogen-bond donors (Lipinski definition) is 2. The fourth-order valence-electron chi connectivity index (χ4n) is 7.44. The Morgan fingerprint density at radius 1 is 0.782 bits per heavy atom. The van der Waals surface area contributed by atoms with Crippen LogP contribution in [0.3, 0.4) is 0 Å². The van der Waals surface area contributed by atoms with Crippen molar-refractivity contribution in [2.45, 2.75) is 81.6 Å². The van der Waals surface area contributed by atoms with E-state index in [1.54, 1.807) is 24.3 Å². The van der Waals surface area contributed by atoms with Crippen LogP contribution in [-0.2, 0) is 50.0 Å². The fraction of sp³-hybridized carbons (Fsp3) is 0.381. The monoisotopic (exact) mass is 785 g/mol. The molecule has 1 aromatic heterocycles. The molecule has 2 amide bonds. The zero-order chi connectivity index (χ0) is 39.1. The second-order valence-corrected chi connectivity index (χ2v) is 17.2. The molecule has 2 aliphatic carbocycles. The van der Waals surface area contributed by atoms with Crippen LogP contribution in [0, 0.1) is 5.92 Å². The summed E-state index contributed by atoms with van der Waals surface area (Å²) in [7, 11) is 0.330. The lowest BCUT2D eigenvalue weighted by Crippen LogP contribution is -2.40. The minimum atomic E-state index is -3.93. The number of rotatable bonds is 13.